The number of hydrogen-bond donors (Lipinski definition) is 1. The van der Waals surface area contributed by atoms with Gasteiger partial charge >= 0.3 is 5.97 Å². The number of aromatic carboxylic acids is 1. The van der Waals surface area contributed by atoms with Gasteiger partial charge in [0.1, 0.15) is 5.52 Å². The highest BCUT2D eigenvalue weighted by atomic mass is 16.4. The Hall–Kier alpha value is -1.84. The van der Waals surface area contributed by atoms with Gasteiger partial charge < -0.3 is 9.52 Å². The molecule has 0 bridgehead atoms. The lowest BCUT2D eigenvalue weighted by Crippen LogP contribution is -1.94. The van der Waals surface area contributed by atoms with Crippen LogP contribution in [0, 0.1) is 11.8 Å². The van der Waals surface area contributed by atoms with Gasteiger partial charge in [0.05, 0.1) is 5.56 Å². The smallest absolute Gasteiger partial charge is 0.335 e. The Morgan fingerprint density at radius 2 is 2.00 bits per heavy atom. The fourth-order valence-corrected chi connectivity index (χ4v) is 3.58. The third-order valence-corrected chi connectivity index (χ3v) is 4.59. The van der Waals surface area contributed by atoms with Crippen LogP contribution >= 0.6 is 0 Å². The Morgan fingerprint density at radius 1 is 1.26 bits per heavy atom. The highest BCUT2D eigenvalue weighted by molar-refractivity contribution is 5.91. The largest absolute Gasteiger partial charge is 0.478 e. The molecule has 0 saturated heterocycles. The van der Waals surface area contributed by atoms with Gasteiger partial charge in [-0.05, 0) is 42.9 Å². The van der Waals surface area contributed by atoms with E-state index in [1.165, 1.54) is 25.7 Å². The van der Waals surface area contributed by atoms with Crippen LogP contribution in [0.15, 0.2) is 22.6 Å². The predicted molar refractivity (Wildman–Crippen MR) is 69.2 cm³/mol. The fourth-order valence-electron chi connectivity index (χ4n) is 3.58. The molecule has 98 valence electrons. The van der Waals surface area contributed by atoms with Crippen molar-refractivity contribution < 1.29 is 14.3 Å². The summed E-state index contributed by atoms with van der Waals surface area (Å²) >= 11 is 0. The minimum absolute atomic E-state index is 0.264. The number of benzene rings is 1. The molecule has 19 heavy (non-hydrogen) atoms. The third-order valence-electron chi connectivity index (χ3n) is 4.59. The van der Waals surface area contributed by atoms with Crippen LogP contribution in [0.5, 0.6) is 0 Å². The Balaban J connectivity index is 1.70. The SMILES string of the molecule is O=C(O)c1ccc2oc(C3C4CCCCC43)nc2c1. The standard InChI is InChI=1S/C15H15NO3/c17-15(18)8-5-6-12-11(7-8)16-14(19-12)13-9-3-1-2-4-10(9)13/h5-7,9-10,13H,1-4H2,(H,17,18). The highest BCUT2D eigenvalue weighted by Gasteiger charge is 2.54. The lowest BCUT2D eigenvalue weighted by molar-refractivity contribution is 0.0697. The van der Waals surface area contributed by atoms with Crippen molar-refractivity contribution in [3.05, 3.63) is 29.7 Å². The average molecular weight is 257 g/mol. The van der Waals surface area contributed by atoms with Crippen molar-refractivity contribution in [1.82, 2.24) is 4.98 Å². The summed E-state index contributed by atoms with van der Waals surface area (Å²) in [7, 11) is 0. The summed E-state index contributed by atoms with van der Waals surface area (Å²) in [5.74, 6) is 1.87. The van der Waals surface area contributed by atoms with Gasteiger partial charge in [0.25, 0.3) is 0 Å². The molecule has 4 rings (SSSR count). The molecule has 1 aromatic carbocycles. The van der Waals surface area contributed by atoms with Gasteiger partial charge in [-0.2, -0.15) is 0 Å². The normalized spacial score (nSPS) is 29.2. The Labute approximate surface area is 110 Å². The number of hydrogen-bond acceptors (Lipinski definition) is 3. The molecule has 1 N–H and O–H groups in total. The molecule has 1 heterocycles. The Bertz CT molecular complexity index is 648. The van der Waals surface area contributed by atoms with Gasteiger partial charge in [-0.3, -0.25) is 0 Å². The van der Waals surface area contributed by atoms with Crippen LogP contribution in [0.2, 0.25) is 0 Å². The van der Waals surface area contributed by atoms with Crippen molar-refractivity contribution in [2.45, 2.75) is 31.6 Å². The maximum absolute atomic E-state index is 10.9. The topological polar surface area (TPSA) is 63.3 Å². The minimum atomic E-state index is -0.924. The van der Waals surface area contributed by atoms with Gasteiger partial charge in [-0.1, -0.05) is 12.8 Å². The van der Waals surface area contributed by atoms with Crippen LogP contribution in [-0.2, 0) is 0 Å². The first-order chi connectivity index (χ1) is 9.24. The molecule has 4 nitrogen and oxygen atoms in total. The quantitative estimate of drug-likeness (QED) is 0.895. The molecule has 2 aliphatic rings. The van der Waals surface area contributed by atoms with E-state index in [-0.39, 0.29) is 5.56 Å². The molecule has 2 saturated carbocycles. The molecule has 0 amide bonds. The first kappa shape index (κ1) is 11.0. The van der Waals surface area contributed by atoms with E-state index in [2.05, 4.69) is 4.98 Å². The minimum Gasteiger partial charge on any atom is -0.478 e. The number of aromatic nitrogens is 1. The van der Waals surface area contributed by atoms with E-state index in [4.69, 9.17) is 9.52 Å². The van der Waals surface area contributed by atoms with Crippen molar-refractivity contribution in [3.63, 3.8) is 0 Å². The summed E-state index contributed by atoms with van der Waals surface area (Å²) in [6.45, 7) is 0. The molecule has 1 aromatic heterocycles. The van der Waals surface area contributed by atoms with E-state index in [1.54, 1.807) is 18.2 Å². The summed E-state index contributed by atoms with van der Waals surface area (Å²) < 4.78 is 5.81. The van der Waals surface area contributed by atoms with Crippen LogP contribution in [0.3, 0.4) is 0 Å². The first-order valence-corrected chi connectivity index (χ1v) is 6.88. The Morgan fingerprint density at radius 3 is 2.68 bits per heavy atom. The van der Waals surface area contributed by atoms with E-state index >= 15 is 0 Å². The molecule has 2 aromatic rings. The predicted octanol–water partition coefficient (Wildman–Crippen LogP) is 3.43. The summed E-state index contributed by atoms with van der Waals surface area (Å²) in [4.78, 5) is 15.5. The molecular formula is C15H15NO3. The number of carboxylic acids is 1. The summed E-state index contributed by atoms with van der Waals surface area (Å²) in [6.07, 6.45) is 5.21. The molecule has 0 spiro atoms. The number of rotatable bonds is 2. The molecular weight excluding hydrogens is 242 g/mol. The van der Waals surface area contributed by atoms with Gasteiger partial charge in [0.15, 0.2) is 11.5 Å². The molecule has 4 heteroatoms. The van der Waals surface area contributed by atoms with Gasteiger partial charge in [0.2, 0.25) is 0 Å². The van der Waals surface area contributed by atoms with Gasteiger partial charge in [-0.15, -0.1) is 0 Å². The van der Waals surface area contributed by atoms with Crippen molar-refractivity contribution in [2.75, 3.05) is 0 Å². The van der Waals surface area contributed by atoms with E-state index < -0.39 is 5.97 Å². The van der Waals surface area contributed by atoms with Crippen LogP contribution < -0.4 is 0 Å². The van der Waals surface area contributed by atoms with Crippen molar-refractivity contribution in [1.29, 1.82) is 0 Å². The second-order valence-corrected chi connectivity index (χ2v) is 5.68. The van der Waals surface area contributed by atoms with Crippen molar-refractivity contribution >= 4 is 17.1 Å². The van der Waals surface area contributed by atoms with Crippen LogP contribution in [-0.4, -0.2) is 16.1 Å². The number of nitrogens with zero attached hydrogens (tertiary/aromatic N) is 1. The summed E-state index contributed by atoms with van der Waals surface area (Å²) in [5.41, 5.74) is 1.63. The fraction of sp³-hybridized carbons (Fsp3) is 0.467. The highest BCUT2D eigenvalue weighted by Crippen LogP contribution is 2.61. The average Bonchev–Trinajstić information content (AvgIpc) is 3.00. The zero-order chi connectivity index (χ0) is 13.0. The second kappa shape index (κ2) is 3.83. The maximum Gasteiger partial charge on any atom is 0.335 e. The molecule has 2 aliphatic carbocycles. The zero-order valence-corrected chi connectivity index (χ0v) is 10.5. The number of oxazole rings is 1. The molecule has 0 radical (unpaired) electrons. The lowest BCUT2D eigenvalue weighted by Gasteiger charge is -2.04. The third kappa shape index (κ3) is 1.66. The van der Waals surface area contributed by atoms with E-state index in [0.29, 0.717) is 17.0 Å². The number of carboxylic acid groups (broad SMARTS) is 1. The zero-order valence-electron chi connectivity index (χ0n) is 10.5. The molecule has 2 unspecified atom stereocenters. The maximum atomic E-state index is 10.9. The monoisotopic (exact) mass is 257 g/mol. The van der Waals surface area contributed by atoms with Crippen LogP contribution in [0.4, 0.5) is 0 Å². The first-order valence-electron chi connectivity index (χ1n) is 6.88. The molecule has 2 fully saturated rings. The van der Waals surface area contributed by atoms with Crippen molar-refractivity contribution in [3.8, 4) is 0 Å². The van der Waals surface area contributed by atoms with Crippen LogP contribution in [0.1, 0.15) is 47.8 Å². The van der Waals surface area contributed by atoms with E-state index in [9.17, 15) is 4.79 Å². The van der Waals surface area contributed by atoms with E-state index in [0.717, 1.165) is 17.7 Å². The lowest BCUT2D eigenvalue weighted by atomic mass is 10.0. The molecule has 0 aliphatic heterocycles. The second-order valence-electron chi connectivity index (χ2n) is 5.68. The number of carbonyl (C=O) groups is 1. The Kier molecular flexibility index (Phi) is 2.22. The van der Waals surface area contributed by atoms with Crippen molar-refractivity contribution in [2.24, 2.45) is 11.8 Å². The van der Waals surface area contributed by atoms with Gasteiger partial charge in [-0.25, -0.2) is 9.78 Å². The van der Waals surface area contributed by atoms with E-state index in [1.807, 2.05) is 0 Å². The summed E-state index contributed by atoms with van der Waals surface area (Å²) in [5, 5.41) is 8.98. The summed E-state index contributed by atoms with van der Waals surface area (Å²) in [6, 6.07) is 4.87. The van der Waals surface area contributed by atoms with Gasteiger partial charge in [0, 0.05) is 5.92 Å². The molecule has 2 atom stereocenters. The number of fused-ring (bicyclic) bond motifs is 2. The van der Waals surface area contributed by atoms with Crippen LogP contribution in [0.25, 0.3) is 11.1 Å².